The van der Waals surface area contributed by atoms with Crippen molar-refractivity contribution >= 4 is 16.8 Å². The summed E-state index contributed by atoms with van der Waals surface area (Å²) in [6.45, 7) is 4.01. The fourth-order valence-electron chi connectivity index (χ4n) is 4.89. The molecule has 2 atom stereocenters. The Balaban J connectivity index is 1.35. The van der Waals surface area contributed by atoms with Crippen LogP contribution in [0.25, 0.3) is 10.9 Å². The third-order valence-electron chi connectivity index (χ3n) is 6.73. The van der Waals surface area contributed by atoms with Gasteiger partial charge in [-0.15, -0.1) is 0 Å². The average Bonchev–Trinajstić information content (AvgIpc) is 3.60. The van der Waals surface area contributed by atoms with Crippen molar-refractivity contribution in [2.75, 3.05) is 0 Å². The number of fused-ring (bicyclic) bond motifs is 2. The Morgan fingerprint density at radius 3 is 2.84 bits per heavy atom. The number of aromatic nitrogens is 5. The lowest BCUT2D eigenvalue weighted by Gasteiger charge is -2.17. The SMILES string of the molecule is Cc1cc(C#Cc2cccnc2C)cc(C(=O)NC(c2cc3ccccc3[nH]2)c2ncn3c2C[C@@H](F)C3)n1. The summed E-state index contributed by atoms with van der Waals surface area (Å²) in [4.78, 5) is 30.3. The second kappa shape index (κ2) is 9.60. The molecular weight excluding hydrogens is 479 g/mol. The van der Waals surface area contributed by atoms with Crippen molar-refractivity contribution in [3.05, 3.63) is 112 Å². The molecule has 1 unspecified atom stereocenters. The smallest absolute Gasteiger partial charge is 0.270 e. The van der Waals surface area contributed by atoms with E-state index in [4.69, 9.17) is 0 Å². The van der Waals surface area contributed by atoms with Gasteiger partial charge in [0.2, 0.25) is 0 Å². The van der Waals surface area contributed by atoms with Gasteiger partial charge < -0.3 is 14.9 Å². The minimum Gasteiger partial charge on any atom is -0.356 e. The Bertz CT molecular complexity index is 1710. The molecule has 7 nitrogen and oxygen atoms in total. The Labute approximate surface area is 219 Å². The molecule has 0 bridgehead atoms. The zero-order valence-corrected chi connectivity index (χ0v) is 21.0. The first-order chi connectivity index (χ1) is 18.4. The summed E-state index contributed by atoms with van der Waals surface area (Å²) in [6.07, 6.45) is 2.67. The highest BCUT2D eigenvalue weighted by atomic mass is 19.1. The van der Waals surface area contributed by atoms with E-state index in [1.165, 1.54) is 0 Å². The Kier molecular flexibility index (Phi) is 5.97. The number of para-hydroxylation sites is 1. The molecule has 1 aromatic carbocycles. The molecule has 188 valence electrons. The van der Waals surface area contributed by atoms with E-state index in [1.807, 2.05) is 66.9 Å². The zero-order valence-electron chi connectivity index (χ0n) is 21.0. The fraction of sp³-hybridized carbons (Fsp3) is 0.200. The van der Waals surface area contributed by atoms with Crippen molar-refractivity contribution < 1.29 is 9.18 Å². The number of halogens is 1. The van der Waals surface area contributed by atoms with Crippen LogP contribution in [0.3, 0.4) is 0 Å². The number of carbonyl (C=O) groups excluding carboxylic acids is 1. The van der Waals surface area contributed by atoms with Gasteiger partial charge in [-0.2, -0.15) is 0 Å². The highest BCUT2D eigenvalue weighted by Gasteiger charge is 2.31. The van der Waals surface area contributed by atoms with Gasteiger partial charge in [-0.25, -0.2) is 14.4 Å². The summed E-state index contributed by atoms with van der Waals surface area (Å²) in [5.74, 6) is 5.90. The van der Waals surface area contributed by atoms with E-state index < -0.39 is 12.2 Å². The van der Waals surface area contributed by atoms with Crippen LogP contribution in [0, 0.1) is 25.7 Å². The first kappa shape index (κ1) is 23.6. The van der Waals surface area contributed by atoms with Crippen molar-refractivity contribution in [3.63, 3.8) is 0 Å². The summed E-state index contributed by atoms with van der Waals surface area (Å²) in [7, 11) is 0. The number of alkyl halides is 1. The summed E-state index contributed by atoms with van der Waals surface area (Å²) in [6, 6.07) is 16.5. The molecule has 0 fully saturated rings. The summed E-state index contributed by atoms with van der Waals surface area (Å²) in [5, 5.41) is 4.12. The standard InChI is InChI=1S/C30H25FN6O/c1-18-12-20(9-10-21-7-5-11-32-19(21)2)13-26(34-18)30(38)36-28(25-14-22-6-3-4-8-24(22)35-25)29-27-15-23(31)16-37(27)17-33-29/h3-8,11-14,17,23,28,35H,15-16H2,1-2H3,(H,36,38)/t23-,28?/m1/s1. The molecule has 8 heteroatoms. The molecule has 1 amide bonds. The minimum atomic E-state index is -0.964. The molecular formula is C30H25FN6O. The van der Waals surface area contributed by atoms with Crippen molar-refractivity contribution in [2.24, 2.45) is 0 Å². The highest BCUT2D eigenvalue weighted by molar-refractivity contribution is 5.93. The third kappa shape index (κ3) is 4.55. The third-order valence-corrected chi connectivity index (χ3v) is 6.73. The van der Waals surface area contributed by atoms with E-state index in [0.29, 0.717) is 17.0 Å². The van der Waals surface area contributed by atoms with Crippen LogP contribution in [-0.2, 0) is 13.0 Å². The number of nitrogens with one attached hydrogen (secondary N) is 2. The van der Waals surface area contributed by atoms with E-state index in [-0.39, 0.29) is 24.6 Å². The summed E-state index contributed by atoms with van der Waals surface area (Å²) >= 11 is 0. The fourth-order valence-corrected chi connectivity index (χ4v) is 4.89. The molecule has 38 heavy (non-hydrogen) atoms. The number of hydrogen-bond acceptors (Lipinski definition) is 4. The number of carbonyl (C=O) groups is 1. The number of amides is 1. The second-order valence-corrected chi connectivity index (χ2v) is 9.52. The number of aryl methyl sites for hydroxylation is 2. The van der Waals surface area contributed by atoms with Gasteiger partial charge in [-0.1, -0.05) is 30.0 Å². The number of imidazole rings is 1. The lowest BCUT2D eigenvalue weighted by Crippen LogP contribution is -2.31. The van der Waals surface area contributed by atoms with Gasteiger partial charge in [0.1, 0.15) is 17.9 Å². The Morgan fingerprint density at radius 2 is 2.00 bits per heavy atom. The van der Waals surface area contributed by atoms with Gasteiger partial charge in [0.25, 0.3) is 5.91 Å². The molecule has 2 N–H and O–H groups in total. The number of nitrogens with zero attached hydrogens (tertiary/aromatic N) is 4. The van der Waals surface area contributed by atoms with Crippen LogP contribution < -0.4 is 5.32 Å². The average molecular weight is 505 g/mol. The van der Waals surface area contributed by atoms with Gasteiger partial charge in [0, 0.05) is 46.3 Å². The predicted octanol–water partition coefficient (Wildman–Crippen LogP) is 4.58. The first-order valence-corrected chi connectivity index (χ1v) is 12.4. The largest absolute Gasteiger partial charge is 0.356 e. The Hall–Kier alpha value is -4.77. The van der Waals surface area contributed by atoms with Crippen LogP contribution >= 0.6 is 0 Å². The van der Waals surface area contributed by atoms with Crippen molar-refractivity contribution in [1.29, 1.82) is 0 Å². The maximum Gasteiger partial charge on any atom is 0.270 e. The topological polar surface area (TPSA) is 88.5 Å². The van der Waals surface area contributed by atoms with Crippen molar-refractivity contribution in [2.45, 2.75) is 39.0 Å². The molecule has 5 aromatic rings. The predicted molar refractivity (Wildman–Crippen MR) is 142 cm³/mol. The summed E-state index contributed by atoms with van der Waals surface area (Å²) in [5.41, 5.74) is 6.39. The first-order valence-electron chi connectivity index (χ1n) is 12.4. The maximum absolute atomic E-state index is 14.2. The lowest BCUT2D eigenvalue weighted by atomic mass is 10.1. The molecule has 0 spiro atoms. The summed E-state index contributed by atoms with van der Waals surface area (Å²) < 4.78 is 16.0. The number of rotatable bonds is 4. The van der Waals surface area contributed by atoms with E-state index in [1.54, 1.807) is 18.6 Å². The molecule has 4 aromatic heterocycles. The van der Waals surface area contributed by atoms with Gasteiger partial charge in [0.05, 0.1) is 24.3 Å². The van der Waals surface area contributed by atoms with Gasteiger partial charge in [0.15, 0.2) is 0 Å². The van der Waals surface area contributed by atoms with Crippen LogP contribution in [-0.4, -0.2) is 36.6 Å². The van der Waals surface area contributed by atoms with Crippen LogP contribution in [0.2, 0.25) is 0 Å². The quantitative estimate of drug-likeness (QED) is 0.351. The molecule has 0 aliphatic carbocycles. The lowest BCUT2D eigenvalue weighted by molar-refractivity contribution is 0.0936. The van der Waals surface area contributed by atoms with E-state index in [0.717, 1.165) is 33.5 Å². The van der Waals surface area contributed by atoms with Gasteiger partial charge in [-0.3, -0.25) is 9.78 Å². The molecule has 0 saturated heterocycles. The number of benzene rings is 1. The van der Waals surface area contributed by atoms with E-state index in [2.05, 4.69) is 37.1 Å². The van der Waals surface area contributed by atoms with Crippen molar-refractivity contribution in [1.82, 2.24) is 29.8 Å². The molecule has 5 heterocycles. The maximum atomic E-state index is 14.2. The molecule has 1 aliphatic rings. The van der Waals surface area contributed by atoms with Crippen LogP contribution in [0.15, 0.2) is 67.1 Å². The van der Waals surface area contributed by atoms with Crippen LogP contribution in [0.1, 0.15) is 56.1 Å². The second-order valence-electron chi connectivity index (χ2n) is 9.52. The number of aromatic amines is 1. The molecule has 0 radical (unpaired) electrons. The highest BCUT2D eigenvalue weighted by Crippen LogP contribution is 2.30. The Morgan fingerprint density at radius 1 is 1.13 bits per heavy atom. The van der Waals surface area contributed by atoms with Crippen LogP contribution in [0.5, 0.6) is 0 Å². The van der Waals surface area contributed by atoms with Gasteiger partial charge in [-0.05, 0) is 55.6 Å². The van der Waals surface area contributed by atoms with Crippen molar-refractivity contribution in [3.8, 4) is 11.8 Å². The monoisotopic (exact) mass is 504 g/mol. The zero-order chi connectivity index (χ0) is 26.2. The van der Waals surface area contributed by atoms with Crippen LogP contribution in [0.4, 0.5) is 4.39 Å². The normalized spacial score (nSPS) is 15.1. The molecule has 0 saturated carbocycles. The minimum absolute atomic E-state index is 0.248. The number of pyridine rings is 2. The number of hydrogen-bond donors (Lipinski definition) is 2. The van der Waals surface area contributed by atoms with E-state index in [9.17, 15) is 9.18 Å². The molecule has 6 rings (SSSR count). The van der Waals surface area contributed by atoms with E-state index >= 15 is 0 Å². The molecule has 1 aliphatic heterocycles. The van der Waals surface area contributed by atoms with Gasteiger partial charge >= 0.3 is 0 Å². The number of H-pyrrole nitrogens is 1.